The van der Waals surface area contributed by atoms with E-state index in [2.05, 4.69) is 11.7 Å². The van der Waals surface area contributed by atoms with Crippen molar-refractivity contribution in [1.82, 2.24) is 0 Å². The number of hydrogen-bond donors (Lipinski definition) is 0. The number of rotatable bonds is 10. The molecule has 0 amide bonds. The molecule has 0 aliphatic heterocycles. The molecule has 8 heteroatoms. The summed E-state index contributed by atoms with van der Waals surface area (Å²) in [6, 6.07) is 2.90. The summed E-state index contributed by atoms with van der Waals surface area (Å²) in [6.45, 7) is 4.47. The molecule has 1 unspecified atom stereocenters. The van der Waals surface area contributed by atoms with E-state index in [9.17, 15) is 22.4 Å². The average Bonchev–Trinajstić information content (AvgIpc) is 2.51. The van der Waals surface area contributed by atoms with E-state index in [0.29, 0.717) is 18.6 Å². The minimum absolute atomic E-state index is 0.103. The topological polar surface area (TPSA) is 35.5 Å². The van der Waals surface area contributed by atoms with Crippen molar-refractivity contribution in [3.8, 4) is 5.75 Å². The van der Waals surface area contributed by atoms with Crippen molar-refractivity contribution in [2.45, 2.75) is 50.8 Å². The second-order valence-electron chi connectivity index (χ2n) is 5.67. The third-order valence-electron chi connectivity index (χ3n) is 3.28. The van der Waals surface area contributed by atoms with Crippen molar-refractivity contribution in [1.29, 1.82) is 0 Å². The number of hydrogen-bond acceptors (Lipinski definition) is 4. The van der Waals surface area contributed by atoms with Gasteiger partial charge < -0.3 is 9.47 Å². The summed E-state index contributed by atoms with van der Waals surface area (Å²) in [5.41, 5.74) is 0. The number of esters is 1. The highest BCUT2D eigenvalue weighted by atomic mass is 32.2. The van der Waals surface area contributed by atoms with Gasteiger partial charge in [-0.3, -0.25) is 4.79 Å². The molecule has 0 spiro atoms. The average molecular weight is 382 g/mol. The van der Waals surface area contributed by atoms with Crippen molar-refractivity contribution in [3.05, 3.63) is 24.0 Å². The largest absolute Gasteiger partial charge is 0.573 e. The van der Waals surface area contributed by atoms with Gasteiger partial charge in [-0.2, -0.15) is 0 Å². The molecule has 3 nitrogen and oxygen atoms in total. The molecular weight excluding hydrogens is 360 g/mol. The lowest BCUT2D eigenvalue weighted by Crippen LogP contribution is -2.17. The van der Waals surface area contributed by atoms with Crippen LogP contribution in [0.25, 0.3) is 0 Å². The van der Waals surface area contributed by atoms with E-state index in [1.54, 1.807) is 0 Å². The van der Waals surface area contributed by atoms with E-state index < -0.39 is 17.9 Å². The normalized spacial score (nSPS) is 12.7. The van der Waals surface area contributed by atoms with Gasteiger partial charge in [-0.15, -0.1) is 24.9 Å². The van der Waals surface area contributed by atoms with Crippen molar-refractivity contribution in [3.63, 3.8) is 0 Å². The van der Waals surface area contributed by atoms with Crippen molar-refractivity contribution in [2.75, 3.05) is 12.4 Å². The Morgan fingerprint density at radius 2 is 2.04 bits per heavy atom. The Morgan fingerprint density at radius 3 is 2.64 bits per heavy atom. The van der Waals surface area contributed by atoms with Crippen LogP contribution in [0.5, 0.6) is 5.75 Å². The van der Waals surface area contributed by atoms with Crippen molar-refractivity contribution in [2.24, 2.45) is 5.92 Å². The van der Waals surface area contributed by atoms with Gasteiger partial charge in [0.1, 0.15) is 11.6 Å². The number of carbonyl (C=O) groups is 1. The van der Waals surface area contributed by atoms with Crippen LogP contribution in [-0.4, -0.2) is 24.7 Å². The third-order valence-corrected chi connectivity index (χ3v) is 4.33. The summed E-state index contributed by atoms with van der Waals surface area (Å²) in [6.07, 6.45) is -1.59. The summed E-state index contributed by atoms with van der Waals surface area (Å²) in [5, 5.41) is 0. The fraction of sp³-hybridized carbons (Fsp3) is 0.588. The lowest BCUT2D eigenvalue weighted by molar-refractivity contribution is -0.274. The predicted molar refractivity (Wildman–Crippen MR) is 88.1 cm³/mol. The van der Waals surface area contributed by atoms with Crippen LogP contribution in [0.4, 0.5) is 17.6 Å². The van der Waals surface area contributed by atoms with Gasteiger partial charge in [0.05, 0.1) is 13.0 Å². The van der Waals surface area contributed by atoms with Crippen LogP contribution in [0.3, 0.4) is 0 Å². The summed E-state index contributed by atoms with van der Waals surface area (Å²) in [5.74, 6) is -1.23. The molecule has 1 aromatic carbocycles. The van der Waals surface area contributed by atoms with Gasteiger partial charge in [-0.25, -0.2) is 4.39 Å². The van der Waals surface area contributed by atoms with Gasteiger partial charge in [0.2, 0.25) is 0 Å². The van der Waals surface area contributed by atoms with E-state index >= 15 is 0 Å². The molecule has 0 N–H and O–H groups in total. The highest BCUT2D eigenvalue weighted by Crippen LogP contribution is 2.29. The number of benzene rings is 1. The second-order valence-corrected chi connectivity index (χ2v) is 6.81. The number of halogens is 4. The fourth-order valence-electron chi connectivity index (χ4n) is 1.98. The smallest absolute Gasteiger partial charge is 0.465 e. The van der Waals surface area contributed by atoms with Crippen LogP contribution < -0.4 is 4.74 Å². The molecule has 1 rings (SSSR count). The first kappa shape index (κ1) is 21.6. The molecule has 142 valence electrons. The van der Waals surface area contributed by atoms with Crippen LogP contribution in [0.2, 0.25) is 0 Å². The minimum atomic E-state index is -4.86. The monoisotopic (exact) mass is 382 g/mol. The van der Waals surface area contributed by atoms with Gasteiger partial charge in [-0.1, -0.05) is 26.7 Å². The quantitative estimate of drug-likeness (QED) is 0.301. The van der Waals surface area contributed by atoms with E-state index in [-0.39, 0.29) is 23.0 Å². The number of alkyl halides is 3. The van der Waals surface area contributed by atoms with Crippen molar-refractivity contribution >= 4 is 17.7 Å². The molecule has 0 saturated carbocycles. The first-order valence-electron chi connectivity index (χ1n) is 8.05. The number of thioether (sulfide) groups is 1. The highest BCUT2D eigenvalue weighted by Gasteiger charge is 2.31. The molecule has 0 fully saturated rings. The fourth-order valence-corrected chi connectivity index (χ4v) is 2.83. The van der Waals surface area contributed by atoms with Gasteiger partial charge in [0.25, 0.3) is 0 Å². The zero-order valence-corrected chi connectivity index (χ0v) is 15.0. The third kappa shape index (κ3) is 9.57. The maximum atomic E-state index is 13.7. The molecule has 0 radical (unpaired) electrons. The van der Waals surface area contributed by atoms with Crippen LogP contribution in [0, 0.1) is 11.7 Å². The SMILES string of the molecule is CCCCC(C)COC(=O)CCSc1ccc(OC(F)(F)F)cc1F. The standard InChI is InChI=1S/C17H22F4O3S/c1-3-4-5-12(2)11-23-16(22)8-9-25-15-7-6-13(10-14(15)18)24-17(19,20)21/h6-7,10,12H,3-5,8-9,11H2,1-2H3. The van der Waals surface area contributed by atoms with E-state index in [4.69, 9.17) is 4.74 Å². The van der Waals surface area contributed by atoms with Gasteiger partial charge >= 0.3 is 12.3 Å². The van der Waals surface area contributed by atoms with Crippen LogP contribution >= 0.6 is 11.8 Å². The van der Waals surface area contributed by atoms with Crippen LogP contribution in [0.15, 0.2) is 23.1 Å². The van der Waals surface area contributed by atoms with E-state index in [1.165, 1.54) is 6.07 Å². The molecule has 0 aliphatic carbocycles. The Kier molecular flexibility index (Phi) is 9.10. The summed E-state index contributed by atoms with van der Waals surface area (Å²) < 4.78 is 58.7. The highest BCUT2D eigenvalue weighted by molar-refractivity contribution is 7.99. The second kappa shape index (κ2) is 10.5. The first-order valence-corrected chi connectivity index (χ1v) is 9.03. The predicted octanol–water partition coefficient (Wildman–Crippen LogP) is 5.58. The Labute approximate surface area is 149 Å². The maximum Gasteiger partial charge on any atom is 0.573 e. The number of unbranched alkanes of at least 4 members (excludes halogenated alkanes) is 1. The number of carbonyl (C=O) groups excluding carboxylic acids is 1. The van der Waals surface area contributed by atoms with Crippen LogP contribution in [0.1, 0.15) is 39.5 Å². The molecule has 0 heterocycles. The Morgan fingerprint density at radius 1 is 1.32 bits per heavy atom. The van der Waals surface area contributed by atoms with Gasteiger partial charge in [-0.05, 0) is 24.5 Å². The molecule has 0 saturated heterocycles. The Bertz CT molecular complexity index is 549. The molecular formula is C17H22F4O3S. The lowest BCUT2D eigenvalue weighted by Gasteiger charge is -2.12. The Hall–Kier alpha value is -1.44. The number of ether oxygens (including phenoxy) is 2. The van der Waals surface area contributed by atoms with Crippen LogP contribution in [-0.2, 0) is 9.53 Å². The molecule has 0 aromatic heterocycles. The van der Waals surface area contributed by atoms with Gasteiger partial charge in [0, 0.05) is 16.7 Å². The first-order chi connectivity index (χ1) is 11.7. The maximum absolute atomic E-state index is 13.7. The Balaban J connectivity index is 2.34. The summed E-state index contributed by atoms with van der Waals surface area (Å²) in [4.78, 5) is 11.8. The molecule has 1 atom stereocenters. The molecule has 0 aliphatic rings. The van der Waals surface area contributed by atoms with Gasteiger partial charge in [0.15, 0.2) is 0 Å². The zero-order chi connectivity index (χ0) is 18.9. The lowest BCUT2D eigenvalue weighted by atomic mass is 10.1. The minimum Gasteiger partial charge on any atom is -0.465 e. The zero-order valence-electron chi connectivity index (χ0n) is 14.2. The molecule has 0 bridgehead atoms. The van der Waals surface area contributed by atoms with Crippen molar-refractivity contribution < 1.29 is 31.8 Å². The summed E-state index contributed by atoms with van der Waals surface area (Å²) >= 11 is 1.04. The molecule has 25 heavy (non-hydrogen) atoms. The van der Waals surface area contributed by atoms with E-state index in [1.807, 2.05) is 6.92 Å². The van der Waals surface area contributed by atoms with E-state index in [0.717, 1.165) is 37.1 Å². The molecule has 1 aromatic rings. The summed E-state index contributed by atoms with van der Waals surface area (Å²) in [7, 11) is 0.